The van der Waals surface area contributed by atoms with Crippen molar-refractivity contribution in [3.8, 4) is 0 Å². The number of halogens is 2. The van der Waals surface area contributed by atoms with Crippen LogP contribution >= 0.6 is 11.3 Å². The highest BCUT2D eigenvalue weighted by Crippen LogP contribution is 2.31. The van der Waals surface area contributed by atoms with E-state index in [1.807, 2.05) is 5.38 Å². The second-order valence-corrected chi connectivity index (χ2v) is 11.0. The number of hydrogen-bond acceptors (Lipinski definition) is 5. The molecular weight excluding hydrogens is 438 g/mol. The van der Waals surface area contributed by atoms with Gasteiger partial charge in [-0.15, -0.1) is 11.3 Å². The summed E-state index contributed by atoms with van der Waals surface area (Å²) in [6.07, 6.45) is 1.37. The molecule has 0 amide bonds. The molecule has 164 valence electrons. The number of rotatable bonds is 5. The molecule has 1 fully saturated rings. The molecule has 0 aliphatic carbocycles. The molecule has 2 heterocycles. The Kier molecular flexibility index (Phi) is 6.12. The largest absolute Gasteiger partial charge is 0.348 e. The van der Waals surface area contributed by atoms with Gasteiger partial charge in [-0.3, -0.25) is 0 Å². The fraction of sp³-hybridized carbons (Fsp3) is 0.348. The Morgan fingerprint density at radius 3 is 2.45 bits per heavy atom. The summed E-state index contributed by atoms with van der Waals surface area (Å²) in [5, 5.41) is 2.09. The summed E-state index contributed by atoms with van der Waals surface area (Å²) in [6.45, 7) is 5.12. The first-order valence-electron chi connectivity index (χ1n) is 10.2. The van der Waals surface area contributed by atoms with Gasteiger partial charge in [-0.1, -0.05) is 29.8 Å². The predicted molar refractivity (Wildman–Crippen MR) is 120 cm³/mol. The van der Waals surface area contributed by atoms with Crippen LogP contribution in [0.15, 0.2) is 46.7 Å². The highest BCUT2D eigenvalue weighted by molar-refractivity contribution is 7.92. The van der Waals surface area contributed by atoms with Gasteiger partial charge in [0.15, 0.2) is 15.0 Å². The van der Waals surface area contributed by atoms with Crippen LogP contribution in [0.5, 0.6) is 0 Å². The quantitative estimate of drug-likeness (QED) is 0.531. The van der Waals surface area contributed by atoms with Crippen LogP contribution in [0.2, 0.25) is 0 Å². The van der Waals surface area contributed by atoms with E-state index in [1.165, 1.54) is 22.8 Å². The highest BCUT2D eigenvalue weighted by atomic mass is 32.2. The number of aryl methyl sites for hydroxylation is 2. The molecule has 2 aromatic carbocycles. The van der Waals surface area contributed by atoms with Crippen molar-refractivity contribution in [3.05, 3.63) is 75.8 Å². The SMILES string of the molecule is Cc1ccc(C)c(Cc2csc(N3CCC(S(=O)(=O)c4c(F)cccc4F)CC3)n2)c1. The van der Waals surface area contributed by atoms with Gasteiger partial charge in [0.05, 0.1) is 10.9 Å². The minimum Gasteiger partial charge on any atom is -0.348 e. The summed E-state index contributed by atoms with van der Waals surface area (Å²) in [5.41, 5.74) is 4.67. The standard InChI is InChI=1S/C23H24F2N2O2S2/c1-15-6-7-16(2)17(12-15)13-18-14-30-23(26-18)27-10-8-19(9-11-27)31(28,29)22-20(24)4-3-5-21(22)25/h3-7,12,14,19H,8-11,13H2,1-2H3. The molecule has 0 atom stereocenters. The lowest BCUT2D eigenvalue weighted by atomic mass is 10.0. The number of hydrogen-bond donors (Lipinski definition) is 0. The fourth-order valence-corrected chi connectivity index (χ4v) is 6.71. The van der Waals surface area contributed by atoms with Crippen molar-refractivity contribution < 1.29 is 17.2 Å². The Bertz CT molecular complexity index is 1180. The zero-order chi connectivity index (χ0) is 22.2. The lowest BCUT2D eigenvalue weighted by molar-refractivity contribution is 0.497. The van der Waals surface area contributed by atoms with E-state index in [4.69, 9.17) is 4.98 Å². The predicted octanol–water partition coefficient (Wildman–Crippen LogP) is 5.07. The lowest BCUT2D eigenvalue weighted by Crippen LogP contribution is -2.39. The summed E-state index contributed by atoms with van der Waals surface area (Å²) in [7, 11) is -4.07. The maximum Gasteiger partial charge on any atom is 0.187 e. The van der Waals surface area contributed by atoms with E-state index in [0.29, 0.717) is 25.9 Å². The topological polar surface area (TPSA) is 50.3 Å². The first-order valence-corrected chi connectivity index (χ1v) is 12.6. The van der Waals surface area contributed by atoms with Gasteiger partial charge in [0.1, 0.15) is 16.5 Å². The first-order chi connectivity index (χ1) is 14.8. The van der Waals surface area contributed by atoms with E-state index in [2.05, 4.69) is 36.9 Å². The molecule has 0 spiro atoms. The second kappa shape index (κ2) is 8.67. The molecule has 0 radical (unpaired) electrons. The lowest BCUT2D eigenvalue weighted by Gasteiger charge is -2.31. The van der Waals surface area contributed by atoms with Crippen LogP contribution in [0, 0.1) is 25.5 Å². The van der Waals surface area contributed by atoms with Crippen LogP contribution in [-0.4, -0.2) is 31.7 Å². The first kappa shape index (κ1) is 21.9. The van der Waals surface area contributed by atoms with Gasteiger partial charge in [-0.25, -0.2) is 22.2 Å². The van der Waals surface area contributed by atoms with Crippen molar-refractivity contribution in [2.45, 2.75) is 43.3 Å². The molecule has 4 nitrogen and oxygen atoms in total. The normalized spacial score (nSPS) is 15.4. The van der Waals surface area contributed by atoms with Gasteiger partial charge in [0.2, 0.25) is 0 Å². The van der Waals surface area contributed by atoms with Gasteiger partial charge in [0.25, 0.3) is 0 Å². The third-order valence-corrected chi connectivity index (χ3v) is 9.03. The Labute approximate surface area is 185 Å². The smallest absolute Gasteiger partial charge is 0.187 e. The van der Waals surface area contributed by atoms with Crippen LogP contribution in [0.1, 0.15) is 35.2 Å². The van der Waals surface area contributed by atoms with Crippen LogP contribution in [0.4, 0.5) is 13.9 Å². The molecule has 4 rings (SSSR count). The Balaban J connectivity index is 1.44. The van der Waals surface area contributed by atoms with E-state index in [0.717, 1.165) is 29.4 Å². The summed E-state index contributed by atoms with van der Waals surface area (Å²) in [4.78, 5) is 6.00. The van der Waals surface area contributed by atoms with Crippen molar-refractivity contribution in [1.82, 2.24) is 4.98 Å². The summed E-state index contributed by atoms with van der Waals surface area (Å²) >= 11 is 1.54. The number of thiazole rings is 1. The van der Waals surface area contributed by atoms with Crippen molar-refractivity contribution in [2.24, 2.45) is 0 Å². The summed E-state index contributed by atoms with van der Waals surface area (Å²) < 4.78 is 53.7. The Hall–Kier alpha value is -2.32. The zero-order valence-electron chi connectivity index (χ0n) is 17.4. The Morgan fingerprint density at radius 2 is 1.77 bits per heavy atom. The molecule has 31 heavy (non-hydrogen) atoms. The maximum absolute atomic E-state index is 14.0. The average molecular weight is 463 g/mol. The van der Waals surface area contributed by atoms with Crippen LogP contribution in [0.3, 0.4) is 0 Å². The molecule has 0 N–H and O–H groups in total. The fourth-order valence-electron chi connectivity index (χ4n) is 3.99. The molecule has 8 heteroatoms. The molecule has 0 saturated carbocycles. The van der Waals surface area contributed by atoms with E-state index in [9.17, 15) is 17.2 Å². The minimum absolute atomic E-state index is 0.308. The molecule has 1 aromatic heterocycles. The Morgan fingerprint density at radius 1 is 1.10 bits per heavy atom. The van der Waals surface area contributed by atoms with Crippen LogP contribution < -0.4 is 4.90 Å². The number of sulfone groups is 1. The monoisotopic (exact) mass is 462 g/mol. The van der Waals surface area contributed by atoms with Crippen molar-refractivity contribution in [2.75, 3.05) is 18.0 Å². The number of aromatic nitrogens is 1. The third kappa shape index (κ3) is 4.50. The van der Waals surface area contributed by atoms with Crippen LogP contribution in [-0.2, 0) is 16.3 Å². The molecule has 3 aromatic rings. The minimum atomic E-state index is -4.07. The van der Waals surface area contributed by atoms with Gasteiger partial charge in [0, 0.05) is 24.9 Å². The van der Waals surface area contributed by atoms with Gasteiger partial charge < -0.3 is 4.90 Å². The summed E-state index contributed by atoms with van der Waals surface area (Å²) in [6, 6.07) is 9.52. The molecule has 1 aliphatic heterocycles. The number of benzene rings is 2. The van der Waals surface area contributed by atoms with Crippen molar-refractivity contribution in [1.29, 1.82) is 0 Å². The maximum atomic E-state index is 14.0. The molecule has 0 unspecified atom stereocenters. The third-order valence-electron chi connectivity index (χ3n) is 5.77. The number of anilines is 1. The number of piperidine rings is 1. The molecule has 0 bridgehead atoms. The van der Waals surface area contributed by atoms with Crippen LogP contribution in [0.25, 0.3) is 0 Å². The van der Waals surface area contributed by atoms with E-state index < -0.39 is 31.6 Å². The van der Waals surface area contributed by atoms with E-state index in [-0.39, 0.29) is 0 Å². The van der Waals surface area contributed by atoms with Gasteiger partial charge >= 0.3 is 0 Å². The zero-order valence-corrected chi connectivity index (χ0v) is 19.1. The second-order valence-electron chi connectivity index (χ2n) is 8.01. The van der Waals surface area contributed by atoms with Gasteiger partial charge in [-0.2, -0.15) is 0 Å². The molecular formula is C23H24F2N2O2S2. The summed E-state index contributed by atoms with van der Waals surface area (Å²) in [5.74, 6) is -2.06. The molecule has 1 saturated heterocycles. The number of nitrogens with zero attached hydrogens (tertiary/aromatic N) is 2. The van der Waals surface area contributed by atoms with E-state index >= 15 is 0 Å². The molecule has 1 aliphatic rings. The van der Waals surface area contributed by atoms with Crippen molar-refractivity contribution in [3.63, 3.8) is 0 Å². The van der Waals surface area contributed by atoms with Gasteiger partial charge in [-0.05, 0) is 49.9 Å². The highest BCUT2D eigenvalue weighted by Gasteiger charge is 2.35. The van der Waals surface area contributed by atoms with E-state index in [1.54, 1.807) is 11.3 Å². The average Bonchev–Trinajstić information content (AvgIpc) is 3.19. The van der Waals surface area contributed by atoms with Crippen molar-refractivity contribution >= 4 is 26.3 Å².